The molecule has 0 saturated heterocycles. The number of hydrogen-bond acceptors (Lipinski definition) is 5. The highest BCUT2D eigenvalue weighted by molar-refractivity contribution is 5.91. The molecule has 0 radical (unpaired) electrons. The maximum atomic E-state index is 12.1. The second kappa shape index (κ2) is 7.15. The van der Waals surface area contributed by atoms with Crippen LogP contribution in [0.1, 0.15) is 46.1 Å². The van der Waals surface area contributed by atoms with Crippen LogP contribution in [0, 0.1) is 13.8 Å². The summed E-state index contributed by atoms with van der Waals surface area (Å²) < 4.78 is 10.1. The van der Waals surface area contributed by atoms with Gasteiger partial charge in [0.1, 0.15) is 11.5 Å². The molecule has 2 aromatic heterocycles. The van der Waals surface area contributed by atoms with E-state index < -0.39 is 18.0 Å². The fourth-order valence-corrected chi connectivity index (χ4v) is 2.45. The number of aliphatic hydroxyl groups is 1. The van der Waals surface area contributed by atoms with Crippen molar-refractivity contribution in [3.63, 3.8) is 0 Å². The summed E-state index contributed by atoms with van der Waals surface area (Å²) in [5.74, 6) is -0.445. The van der Waals surface area contributed by atoms with E-state index in [1.807, 2.05) is 0 Å². The highest BCUT2D eigenvalue weighted by Crippen LogP contribution is 2.24. The van der Waals surface area contributed by atoms with Crippen LogP contribution in [-0.4, -0.2) is 28.6 Å². The molecule has 0 unspecified atom stereocenters. The van der Waals surface area contributed by atoms with Gasteiger partial charge in [0.25, 0.3) is 5.91 Å². The highest BCUT2D eigenvalue weighted by atomic mass is 16.5. The number of aromatic amines is 1. The summed E-state index contributed by atoms with van der Waals surface area (Å²) in [7, 11) is 0. The second-order valence-corrected chi connectivity index (χ2v) is 5.27. The number of aryl methyl sites for hydroxylation is 1. The molecule has 0 aliphatic heterocycles. The first-order valence-corrected chi connectivity index (χ1v) is 7.23. The second-order valence-electron chi connectivity index (χ2n) is 5.27. The Kier molecular flexibility index (Phi) is 5.23. The number of aromatic nitrogens is 1. The van der Waals surface area contributed by atoms with E-state index in [0.717, 1.165) is 0 Å². The molecule has 3 N–H and O–H groups in total. The van der Waals surface area contributed by atoms with E-state index in [2.05, 4.69) is 10.3 Å². The molecule has 7 nitrogen and oxygen atoms in total. The number of rotatable bonds is 6. The fourth-order valence-electron chi connectivity index (χ4n) is 2.45. The lowest BCUT2D eigenvalue weighted by Crippen LogP contribution is -2.28. The van der Waals surface area contributed by atoms with E-state index >= 15 is 0 Å². The molecule has 1 amide bonds. The fraction of sp³-hybridized carbons (Fsp3) is 0.375. The zero-order valence-electron chi connectivity index (χ0n) is 13.3. The number of ether oxygens (including phenoxy) is 1. The quantitative estimate of drug-likeness (QED) is 0.703. The van der Waals surface area contributed by atoms with E-state index in [1.54, 1.807) is 32.9 Å². The van der Waals surface area contributed by atoms with Crippen molar-refractivity contribution in [3.8, 4) is 0 Å². The van der Waals surface area contributed by atoms with Crippen molar-refractivity contribution in [1.29, 1.82) is 0 Å². The molecular weight excluding hydrogens is 300 g/mol. The highest BCUT2D eigenvalue weighted by Gasteiger charge is 2.21. The van der Waals surface area contributed by atoms with Crippen LogP contribution in [0.25, 0.3) is 0 Å². The van der Waals surface area contributed by atoms with Gasteiger partial charge in [-0.3, -0.25) is 4.79 Å². The molecule has 7 heteroatoms. The third-order valence-corrected chi connectivity index (χ3v) is 3.49. The minimum Gasteiger partial charge on any atom is -0.467 e. The van der Waals surface area contributed by atoms with Gasteiger partial charge < -0.3 is 24.6 Å². The Hall–Kier alpha value is -2.54. The summed E-state index contributed by atoms with van der Waals surface area (Å²) in [6, 6.07) is 3.45. The first-order chi connectivity index (χ1) is 10.9. The number of nitrogens with one attached hydrogen (secondary N) is 2. The van der Waals surface area contributed by atoms with Crippen LogP contribution < -0.4 is 5.32 Å². The lowest BCUT2D eigenvalue weighted by atomic mass is 10.1. The van der Waals surface area contributed by atoms with Gasteiger partial charge in [0.15, 0.2) is 6.61 Å². The van der Waals surface area contributed by atoms with Crippen LogP contribution in [0.3, 0.4) is 0 Å². The van der Waals surface area contributed by atoms with Gasteiger partial charge in [0.2, 0.25) is 0 Å². The summed E-state index contributed by atoms with van der Waals surface area (Å²) in [4.78, 5) is 26.6. The molecule has 0 aliphatic rings. The predicted molar refractivity (Wildman–Crippen MR) is 81.7 cm³/mol. The first kappa shape index (κ1) is 16.8. The zero-order valence-corrected chi connectivity index (χ0v) is 13.3. The Balaban J connectivity index is 1.89. The molecule has 0 saturated carbocycles. The lowest BCUT2D eigenvalue weighted by Gasteiger charge is -2.06. The third kappa shape index (κ3) is 4.01. The standard InChI is InChI=1S/C16H20N2O5/c1-9-14(11(3)19)10(2)18-15(9)16(21)23-8-13(20)17-7-12-5-4-6-22-12/h4-6,11,18-19H,7-8H2,1-3H3,(H,17,20)/t11-/m0/s1. The number of esters is 1. The van der Waals surface area contributed by atoms with Crippen LogP contribution in [0.15, 0.2) is 22.8 Å². The number of carbonyl (C=O) groups excluding carboxylic acids is 2. The number of amides is 1. The summed E-state index contributed by atoms with van der Waals surface area (Å²) in [6.45, 7) is 4.96. The predicted octanol–water partition coefficient (Wildman–Crippen LogP) is 1.75. The van der Waals surface area contributed by atoms with E-state index in [1.165, 1.54) is 6.26 Å². The molecule has 124 valence electrons. The Morgan fingerprint density at radius 1 is 1.43 bits per heavy atom. The van der Waals surface area contributed by atoms with Crippen molar-refractivity contribution in [2.24, 2.45) is 0 Å². The van der Waals surface area contributed by atoms with Crippen molar-refractivity contribution in [2.75, 3.05) is 6.61 Å². The van der Waals surface area contributed by atoms with Crippen LogP contribution in [0.5, 0.6) is 0 Å². The minimum atomic E-state index is -0.690. The number of carbonyl (C=O) groups is 2. The summed E-state index contributed by atoms with van der Waals surface area (Å²) in [5, 5.41) is 12.3. The Labute approximate surface area is 133 Å². The maximum Gasteiger partial charge on any atom is 0.355 e. The molecule has 0 aliphatic carbocycles. The monoisotopic (exact) mass is 320 g/mol. The molecule has 2 aromatic rings. The zero-order chi connectivity index (χ0) is 17.0. The number of aliphatic hydroxyl groups excluding tert-OH is 1. The van der Waals surface area contributed by atoms with Crippen molar-refractivity contribution in [3.05, 3.63) is 46.7 Å². The number of H-pyrrole nitrogens is 1. The molecule has 0 aromatic carbocycles. The van der Waals surface area contributed by atoms with Crippen molar-refractivity contribution >= 4 is 11.9 Å². The average Bonchev–Trinajstić information content (AvgIpc) is 3.10. The van der Waals surface area contributed by atoms with Crippen LogP contribution in [-0.2, 0) is 16.1 Å². The number of furan rings is 1. The van der Waals surface area contributed by atoms with Crippen molar-refractivity contribution in [2.45, 2.75) is 33.4 Å². The summed E-state index contributed by atoms with van der Waals surface area (Å²) in [5.41, 5.74) is 2.24. The van der Waals surface area contributed by atoms with Gasteiger partial charge in [-0.05, 0) is 38.5 Å². The Morgan fingerprint density at radius 2 is 2.17 bits per heavy atom. The molecule has 1 atom stereocenters. The Bertz CT molecular complexity index is 686. The lowest BCUT2D eigenvalue weighted by molar-refractivity contribution is -0.124. The van der Waals surface area contributed by atoms with Crippen molar-refractivity contribution in [1.82, 2.24) is 10.3 Å². The molecule has 2 rings (SSSR count). The first-order valence-electron chi connectivity index (χ1n) is 7.23. The Morgan fingerprint density at radius 3 is 2.74 bits per heavy atom. The van der Waals surface area contributed by atoms with Gasteiger partial charge in [0, 0.05) is 11.3 Å². The summed E-state index contributed by atoms with van der Waals surface area (Å²) >= 11 is 0. The largest absolute Gasteiger partial charge is 0.467 e. The number of hydrogen-bond donors (Lipinski definition) is 3. The van der Waals surface area contributed by atoms with Crippen molar-refractivity contribution < 1.29 is 23.8 Å². The third-order valence-electron chi connectivity index (χ3n) is 3.49. The van der Waals surface area contributed by atoms with E-state index in [-0.39, 0.29) is 18.8 Å². The smallest absolute Gasteiger partial charge is 0.355 e. The van der Waals surface area contributed by atoms with Gasteiger partial charge in [-0.1, -0.05) is 0 Å². The minimum absolute atomic E-state index is 0.232. The van der Waals surface area contributed by atoms with Crippen LogP contribution in [0.2, 0.25) is 0 Å². The van der Waals surface area contributed by atoms with Gasteiger partial charge in [-0.25, -0.2) is 4.79 Å². The van der Waals surface area contributed by atoms with Crippen LogP contribution >= 0.6 is 0 Å². The summed E-state index contributed by atoms with van der Waals surface area (Å²) in [6.07, 6.45) is 0.821. The molecule has 2 heterocycles. The van der Waals surface area contributed by atoms with E-state index in [0.29, 0.717) is 22.6 Å². The normalized spacial score (nSPS) is 12.0. The molecular formula is C16H20N2O5. The topological polar surface area (TPSA) is 105 Å². The SMILES string of the molecule is Cc1[nH]c(C(=O)OCC(=O)NCc2ccco2)c(C)c1[C@H](C)O. The average molecular weight is 320 g/mol. The van der Waals surface area contributed by atoms with E-state index in [9.17, 15) is 14.7 Å². The molecule has 23 heavy (non-hydrogen) atoms. The molecule has 0 spiro atoms. The maximum absolute atomic E-state index is 12.1. The van der Waals surface area contributed by atoms with Gasteiger partial charge in [0.05, 0.1) is 18.9 Å². The molecule has 0 fully saturated rings. The van der Waals surface area contributed by atoms with Crippen LogP contribution in [0.4, 0.5) is 0 Å². The molecule has 0 bridgehead atoms. The van der Waals surface area contributed by atoms with Gasteiger partial charge in [-0.2, -0.15) is 0 Å². The van der Waals surface area contributed by atoms with Gasteiger partial charge in [-0.15, -0.1) is 0 Å². The van der Waals surface area contributed by atoms with E-state index in [4.69, 9.17) is 9.15 Å². The van der Waals surface area contributed by atoms with Gasteiger partial charge >= 0.3 is 5.97 Å².